The van der Waals surface area contributed by atoms with Crippen LogP contribution >= 0.6 is 34.0 Å². The summed E-state index contributed by atoms with van der Waals surface area (Å²) in [4.78, 5) is 6.45. The molecule has 0 spiro atoms. The number of aryl methyl sites for hydroxylation is 2. The van der Waals surface area contributed by atoms with E-state index in [-0.39, 0.29) is 0 Å². The molecular formula is C34H48O6S3. The SMILES string of the molecule is CCCCC(CC)COc1c(-c2sc(C)c3c2OCCO3)sc(-c2sc(C)c3c2OCCO3)c1OCC(CC)CCCC. The molecule has 3 aromatic rings. The minimum atomic E-state index is 0.490. The Bertz CT molecular complexity index is 1240. The molecule has 6 nitrogen and oxygen atoms in total. The van der Waals surface area contributed by atoms with Crippen molar-refractivity contribution in [3.05, 3.63) is 9.75 Å². The molecule has 43 heavy (non-hydrogen) atoms. The lowest BCUT2D eigenvalue weighted by Crippen LogP contribution is -2.15. The topological polar surface area (TPSA) is 55.4 Å². The molecule has 3 aromatic heterocycles. The Morgan fingerprint density at radius 1 is 0.558 bits per heavy atom. The van der Waals surface area contributed by atoms with Gasteiger partial charge in [-0.3, -0.25) is 0 Å². The van der Waals surface area contributed by atoms with E-state index in [4.69, 9.17) is 28.4 Å². The maximum atomic E-state index is 6.90. The Hall–Kier alpha value is -2.10. The highest BCUT2D eigenvalue weighted by atomic mass is 32.1. The second kappa shape index (κ2) is 15.3. The van der Waals surface area contributed by atoms with Gasteiger partial charge in [0.1, 0.15) is 26.4 Å². The van der Waals surface area contributed by atoms with Crippen LogP contribution in [0.4, 0.5) is 0 Å². The molecule has 0 N–H and O–H groups in total. The zero-order chi connectivity index (χ0) is 30.3. The molecular weight excluding hydrogens is 601 g/mol. The van der Waals surface area contributed by atoms with Gasteiger partial charge < -0.3 is 28.4 Å². The summed E-state index contributed by atoms with van der Waals surface area (Å²) in [5.41, 5.74) is 0. The average molecular weight is 649 g/mol. The van der Waals surface area contributed by atoms with Crippen molar-refractivity contribution < 1.29 is 28.4 Å². The number of ether oxygens (including phenoxy) is 6. The second-order valence-corrected chi connectivity index (χ2v) is 15.0. The highest BCUT2D eigenvalue weighted by molar-refractivity contribution is 7.27. The fourth-order valence-corrected chi connectivity index (χ4v) is 9.17. The van der Waals surface area contributed by atoms with E-state index in [1.165, 1.54) is 25.7 Å². The average Bonchev–Trinajstić information content (AvgIpc) is 3.68. The quantitative estimate of drug-likeness (QED) is 0.154. The standard InChI is InChI=1S/C34H48O6S3/c1-7-11-13-23(9-3)19-39-29-30(40-20-24(10-4)14-12-8-2)34(32-28-26(22(6)42-32)36-16-18-38-28)43-33(29)31-27-25(21(5)41-31)35-15-17-37-27/h23-24H,7-20H2,1-6H3. The molecule has 0 fully saturated rings. The minimum absolute atomic E-state index is 0.490. The van der Waals surface area contributed by atoms with Gasteiger partial charge in [0, 0.05) is 9.75 Å². The summed E-state index contributed by atoms with van der Waals surface area (Å²) >= 11 is 5.15. The van der Waals surface area contributed by atoms with Crippen LogP contribution in [0, 0.1) is 25.7 Å². The summed E-state index contributed by atoms with van der Waals surface area (Å²) < 4.78 is 38.4. The maximum absolute atomic E-state index is 6.90. The van der Waals surface area contributed by atoms with Crippen LogP contribution in [0.2, 0.25) is 0 Å². The van der Waals surface area contributed by atoms with E-state index in [2.05, 4.69) is 41.5 Å². The number of rotatable bonds is 16. The maximum Gasteiger partial charge on any atom is 0.181 e. The van der Waals surface area contributed by atoms with Crippen molar-refractivity contribution in [2.75, 3.05) is 39.6 Å². The van der Waals surface area contributed by atoms with E-state index < -0.39 is 0 Å². The van der Waals surface area contributed by atoms with Gasteiger partial charge in [-0.05, 0) is 38.5 Å². The Morgan fingerprint density at radius 3 is 1.33 bits per heavy atom. The molecule has 2 aliphatic rings. The van der Waals surface area contributed by atoms with E-state index in [0.717, 1.165) is 89.4 Å². The van der Waals surface area contributed by atoms with Crippen LogP contribution in [0.25, 0.3) is 19.5 Å². The Kier molecular flexibility index (Phi) is 11.5. The van der Waals surface area contributed by atoms with Crippen molar-refractivity contribution in [1.29, 1.82) is 0 Å². The highest BCUT2D eigenvalue weighted by Gasteiger charge is 2.34. The van der Waals surface area contributed by atoms with Crippen molar-refractivity contribution in [2.45, 2.75) is 92.9 Å². The molecule has 0 saturated carbocycles. The first-order valence-corrected chi connectivity index (χ1v) is 18.7. The molecule has 0 bridgehead atoms. The lowest BCUT2D eigenvalue weighted by molar-refractivity contribution is 0.173. The van der Waals surface area contributed by atoms with Gasteiger partial charge >= 0.3 is 0 Å². The van der Waals surface area contributed by atoms with Gasteiger partial charge in [-0.15, -0.1) is 34.0 Å². The van der Waals surface area contributed by atoms with Gasteiger partial charge in [-0.1, -0.05) is 66.2 Å². The van der Waals surface area contributed by atoms with Crippen molar-refractivity contribution >= 4 is 34.0 Å². The van der Waals surface area contributed by atoms with Crippen LogP contribution in [0.3, 0.4) is 0 Å². The number of fused-ring (bicyclic) bond motifs is 2. The van der Waals surface area contributed by atoms with Crippen LogP contribution in [0.15, 0.2) is 0 Å². The van der Waals surface area contributed by atoms with E-state index in [0.29, 0.717) is 51.5 Å². The Balaban J connectivity index is 1.64. The summed E-state index contributed by atoms with van der Waals surface area (Å²) in [6.07, 6.45) is 9.31. The Labute approximate surface area is 269 Å². The van der Waals surface area contributed by atoms with E-state index in [1.54, 1.807) is 34.0 Å². The van der Waals surface area contributed by atoms with Gasteiger partial charge in [0.25, 0.3) is 0 Å². The van der Waals surface area contributed by atoms with Gasteiger partial charge in [0.05, 0.1) is 32.7 Å². The summed E-state index contributed by atoms with van der Waals surface area (Å²) in [7, 11) is 0. The lowest BCUT2D eigenvalue weighted by atomic mass is 10.0. The van der Waals surface area contributed by atoms with Gasteiger partial charge in [0.15, 0.2) is 34.5 Å². The van der Waals surface area contributed by atoms with E-state index >= 15 is 0 Å². The fraction of sp³-hybridized carbons (Fsp3) is 0.647. The molecule has 5 heterocycles. The zero-order valence-electron chi connectivity index (χ0n) is 26.7. The Morgan fingerprint density at radius 2 is 0.953 bits per heavy atom. The summed E-state index contributed by atoms with van der Waals surface area (Å²) in [6, 6.07) is 0. The third-order valence-electron chi connectivity index (χ3n) is 8.38. The third kappa shape index (κ3) is 7.09. The summed E-state index contributed by atoms with van der Waals surface area (Å²) in [6.45, 7) is 16.8. The smallest absolute Gasteiger partial charge is 0.181 e. The molecule has 5 rings (SSSR count). The van der Waals surface area contributed by atoms with Crippen molar-refractivity contribution in [1.82, 2.24) is 0 Å². The van der Waals surface area contributed by atoms with Gasteiger partial charge in [0.2, 0.25) is 0 Å². The molecule has 0 aromatic carbocycles. The normalized spacial score (nSPS) is 15.4. The van der Waals surface area contributed by atoms with Crippen molar-refractivity contribution in [3.8, 4) is 54.0 Å². The number of hydrogen-bond donors (Lipinski definition) is 0. The number of thiophene rings is 3. The number of unbranched alkanes of at least 4 members (excludes halogenated alkanes) is 2. The molecule has 2 unspecified atom stereocenters. The van der Waals surface area contributed by atoms with Crippen molar-refractivity contribution in [2.24, 2.45) is 11.8 Å². The number of hydrogen-bond acceptors (Lipinski definition) is 9. The molecule has 0 amide bonds. The van der Waals surface area contributed by atoms with Crippen molar-refractivity contribution in [3.63, 3.8) is 0 Å². The highest BCUT2D eigenvalue weighted by Crippen LogP contribution is 2.62. The third-order valence-corrected chi connectivity index (χ3v) is 12.0. The van der Waals surface area contributed by atoms with Crippen LogP contribution in [0.5, 0.6) is 34.5 Å². The predicted octanol–water partition coefficient (Wildman–Crippen LogP) is 10.6. The van der Waals surface area contributed by atoms with Crippen LogP contribution < -0.4 is 28.4 Å². The first-order valence-electron chi connectivity index (χ1n) is 16.2. The monoisotopic (exact) mass is 648 g/mol. The van der Waals surface area contributed by atoms with Gasteiger partial charge in [-0.25, -0.2) is 0 Å². The molecule has 0 saturated heterocycles. The van der Waals surface area contributed by atoms with Crippen LogP contribution in [-0.4, -0.2) is 39.6 Å². The first kappa shape index (κ1) is 32.3. The van der Waals surface area contributed by atoms with Gasteiger partial charge in [-0.2, -0.15) is 0 Å². The van der Waals surface area contributed by atoms with Crippen LogP contribution in [-0.2, 0) is 0 Å². The summed E-state index contributed by atoms with van der Waals surface area (Å²) in [5.74, 6) is 6.01. The molecule has 2 atom stereocenters. The molecule has 238 valence electrons. The molecule has 2 aliphatic heterocycles. The molecule has 0 aliphatic carbocycles. The second-order valence-electron chi connectivity index (χ2n) is 11.6. The predicted molar refractivity (Wildman–Crippen MR) is 180 cm³/mol. The zero-order valence-corrected chi connectivity index (χ0v) is 29.2. The van der Waals surface area contributed by atoms with E-state index in [1.807, 2.05) is 0 Å². The fourth-order valence-electron chi connectivity index (χ4n) is 5.65. The molecule has 0 radical (unpaired) electrons. The minimum Gasteiger partial charge on any atom is -0.488 e. The largest absolute Gasteiger partial charge is 0.488 e. The van der Waals surface area contributed by atoms with E-state index in [9.17, 15) is 0 Å². The first-order chi connectivity index (χ1) is 21.0. The van der Waals surface area contributed by atoms with Crippen LogP contribution in [0.1, 0.15) is 88.8 Å². The lowest BCUT2D eigenvalue weighted by Gasteiger charge is -2.20. The summed E-state index contributed by atoms with van der Waals surface area (Å²) in [5, 5.41) is 0. The molecule has 9 heteroatoms.